The summed E-state index contributed by atoms with van der Waals surface area (Å²) < 4.78 is 58.0. The minimum atomic E-state index is -4.77. The van der Waals surface area contributed by atoms with Gasteiger partial charge in [-0.1, -0.05) is 25.5 Å². The fraction of sp³-hybridized carbons (Fsp3) is 0.231. The highest BCUT2D eigenvalue weighted by molar-refractivity contribution is 6.03. The Morgan fingerprint density at radius 2 is 1.56 bits per heavy atom. The quantitative estimate of drug-likeness (QED) is 0.374. The number of amides is 2. The van der Waals surface area contributed by atoms with E-state index in [0.717, 1.165) is 12.0 Å². The molecular weight excluding hydrogens is 479 g/mol. The molecule has 3 aromatic carbocycles. The summed E-state index contributed by atoms with van der Waals surface area (Å²) >= 11 is 0. The predicted molar refractivity (Wildman–Crippen MR) is 122 cm³/mol. The minimum Gasteiger partial charge on any atom is -0.457 e. The molecule has 1 aliphatic rings. The zero-order chi connectivity index (χ0) is 25.9. The standard InChI is InChI=1S/C26H22F3NO6/c1-3-5-16-14-21(33-18-8-10-19(11-9-18)35-26(27,28)29)12-13-22(16)34-20-7-4-6-17(15-20)25(2)23(31)30-24(32)36-25/h4,6-15H,3,5H2,1-2H3,(H,30,31,32)/t25-/m0/s1. The summed E-state index contributed by atoms with van der Waals surface area (Å²) in [6.07, 6.45) is -4.09. The molecule has 7 nitrogen and oxygen atoms in total. The summed E-state index contributed by atoms with van der Waals surface area (Å²) in [7, 11) is 0. The predicted octanol–water partition coefficient (Wildman–Crippen LogP) is 6.60. The van der Waals surface area contributed by atoms with Crippen LogP contribution in [0.4, 0.5) is 18.0 Å². The highest BCUT2D eigenvalue weighted by Crippen LogP contribution is 2.36. The molecule has 36 heavy (non-hydrogen) atoms. The topological polar surface area (TPSA) is 83.1 Å². The largest absolute Gasteiger partial charge is 0.573 e. The van der Waals surface area contributed by atoms with E-state index in [1.807, 2.05) is 6.92 Å². The van der Waals surface area contributed by atoms with Crippen LogP contribution in [0.3, 0.4) is 0 Å². The van der Waals surface area contributed by atoms with Crippen molar-refractivity contribution >= 4 is 12.0 Å². The molecule has 3 aromatic rings. The maximum Gasteiger partial charge on any atom is 0.573 e. The third kappa shape index (κ3) is 5.70. The second-order valence-electron chi connectivity index (χ2n) is 8.15. The molecule has 0 bridgehead atoms. The summed E-state index contributed by atoms with van der Waals surface area (Å²) in [6, 6.07) is 17.0. The lowest BCUT2D eigenvalue weighted by atomic mass is 9.95. The molecule has 0 aromatic heterocycles. The van der Waals surface area contributed by atoms with Gasteiger partial charge in [-0.05, 0) is 73.5 Å². The Hall–Kier alpha value is -4.21. The first-order valence-electron chi connectivity index (χ1n) is 11.0. The van der Waals surface area contributed by atoms with Gasteiger partial charge in [-0.15, -0.1) is 13.2 Å². The van der Waals surface area contributed by atoms with Gasteiger partial charge < -0.3 is 18.9 Å². The monoisotopic (exact) mass is 501 g/mol. The van der Waals surface area contributed by atoms with E-state index in [2.05, 4.69) is 10.1 Å². The van der Waals surface area contributed by atoms with Crippen molar-refractivity contribution in [3.05, 3.63) is 77.9 Å². The molecule has 0 unspecified atom stereocenters. The van der Waals surface area contributed by atoms with Crippen LogP contribution in [-0.2, 0) is 21.6 Å². The number of hydrogen-bond acceptors (Lipinski definition) is 6. The van der Waals surface area contributed by atoms with Gasteiger partial charge >= 0.3 is 12.5 Å². The van der Waals surface area contributed by atoms with Gasteiger partial charge in [0.25, 0.3) is 5.91 Å². The molecule has 1 aliphatic heterocycles. The average molecular weight is 501 g/mol. The van der Waals surface area contributed by atoms with Gasteiger partial charge in [0.1, 0.15) is 28.7 Å². The molecule has 10 heteroatoms. The third-order valence-electron chi connectivity index (χ3n) is 5.40. The Bertz CT molecular complexity index is 1280. The smallest absolute Gasteiger partial charge is 0.457 e. The summed E-state index contributed by atoms with van der Waals surface area (Å²) in [5, 5.41) is 2.13. The first-order valence-corrected chi connectivity index (χ1v) is 11.0. The van der Waals surface area contributed by atoms with Crippen LogP contribution in [0.1, 0.15) is 31.4 Å². The maximum atomic E-state index is 12.3. The van der Waals surface area contributed by atoms with Crippen molar-refractivity contribution < 1.29 is 41.7 Å². The van der Waals surface area contributed by atoms with E-state index in [-0.39, 0.29) is 5.75 Å². The van der Waals surface area contributed by atoms with Crippen LogP contribution in [-0.4, -0.2) is 18.4 Å². The summed E-state index contributed by atoms with van der Waals surface area (Å²) in [5.74, 6) is 0.920. The van der Waals surface area contributed by atoms with Gasteiger partial charge in [0.15, 0.2) is 0 Å². The zero-order valence-electron chi connectivity index (χ0n) is 19.3. The van der Waals surface area contributed by atoms with Crippen LogP contribution in [0.2, 0.25) is 0 Å². The van der Waals surface area contributed by atoms with E-state index in [0.29, 0.717) is 35.0 Å². The molecule has 1 fully saturated rings. The molecule has 2 amide bonds. The van der Waals surface area contributed by atoms with E-state index in [4.69, 9.17) is 14.2 Å². The SMILES string of the molecule is CCCc1cc(Oc2ccc(OC(F)(F)F)cc2)ccc1Oc1cccc([C@]2(C)OC(=O)NC2=O)c1. The molecule has 1 atom stereocenters. The maximum absolute atomic E-state index is 12.3. The van der Waals surface area contributed by atoms with E-state index in [1.54, 1.807) is 42.5 Å². The molecule has 0 spiro atoms. The summed E-state index contributed by atoms with van der Waals surface area (Å²) in [6.45, 7) is 3.51. The zero-order valence-corrected chi connectivity index (χ0v) is 19.3. The number of carbonyl (C=O) groups excluding carboxylic acids is 2. The Balaban J connectivity index is 1.52. The van der Waals surface area contributed by atoms with Crippen molar-refractivity contribution in [1.29, 1.82) is 0 Å². The number of halogens is 3. The number of hydrogen-bond donors (Lipinski definition) is 1. The number of aryl methyl sites for hydroxylation is 1. The molecule has 1 saturated heterocycles. The second kappa shape index (κ2) is 9.80. The van der Waals surface area contributed by atoms with Crippen molar-refractivity contribution in [1.82, 2.24) is 5.32 Å². The lowest BCUT2D eigenvalue weighted by Gasteiger charge is -2.20. The van der Waals surface area contributed by atoms with Gasteiger partial charge in [-0.3, -0.25) is 10.1 Å². The molecule has 1 N–H and O–H groups in total. The fourth-order valence-electron chi connectivity index (χ4n) is 3.67. The van der Waals surface area contributed by atoms with Gasteiger partial charge in [0, 0.05) is 5.56 Å². The molecule has 1 heterocycles. The number of rotatable bonds is 8. The Kier molecular flexibility index (Phi) is 6.78. The number of cyclic esters (lactones) is 1. The lowest BCUT2D eigenvalue weighted by molar-refractivity contribution is -0.274. The highest BCUT2D eigenvalue weighted by atomic mass is 19.4. The normalized spacial score (nSPS) is 17.4. The van der Waals surface area contributed by atoms with Crippen molar-refractivity contribution in [3.63, 3.8) is 0 Å². The minimum absolute atomic E-state index is 0.339. The van der Waals surface area contributed by atoms with E-state index < -0.39 is 24.0 Å². The van der Waals surface area contributed by atoms with Crippen LogP contribution < -0.4 is 19.5 Å². The van der Waals surface area contributed by atoms with E-state index in [1.165, 1.54) is 31.2 Å². The van der Waals surface area contributed by atoms with E-state index in [9.17, 15) is 22.8 Å². The average Bonchev–Trinajstić information content (AvgIpc) is 3.08. The van der Waals surface area contributed by atoms with Crippen molar-refractivity contribution in [2.75, 3.05) is 0 Å². The number of alkyl halides is 3. The van der Waals surface area contributed by atoms with Crippen LogP contribution >= 0.6 is 0 Å². The number of benzene rings is 3. The fourth-order valence-corrected chi connectivity index (χ4v) is 3.67. The van der Waals surface area contributed by atoms with Crippen LogP contribution in [0, 0.1) is 0 Å². The molecule has 4 rings (SSSR count). The highest BCUT2D eigenvalue weighted by Gasteiger charge is 2.46. The third-order valence-corrected chi connectivity index (χ3v) is 5.40. The number of nitrogens with one attached hydrogen (secondary N) is 1. The Morgan fingerprint density at radius 3 is 2.19 bits per heavy atom. The molecule has 0 radical (unpaired) electrons. The van der Waals surface area contributed by atoms with Crippen LogP contribution in [0.15, 0.2) is 66.7 Å². The first kappa shape index (κ1) is 24.9. The molecular formula is C26H22F3NO6. The van der Waals surface area contributed by atoms with Crippen LogP contribution in [0.25, 0.3) is 0 Å². The van der Waals surface area contributed by atoms with Crippen molar-refractivity contribution in [3.8, 4) is 28.7 Å². The summed E-state index contributed by atoms with van der Waals surface area (Å²) in [4.78, 5) is 23.7. The van der Waals surface area contributed by atoms with Crippen molar-refractivity contribution in [2.24, 2.45) is 0 Å². The number of alkyl carbamates (subject to hydrolysis) is 1. The van der Waals surface area contributed by atoms with Gasteiger partial charge in [-0.25, -0.2) is 4.79 Å². The van der Waals surface area contributed by atoms with Gasteiger partial charge in [0.05, 0.1) is 0 Å². The van der Waals surface area contributed by atoms with Crippen molar-refractivity contribution in [2.45, 2.75) is 38.7 Å². The molecule has 188 valence electrons. The molecule has 0 saturated carbocycles. The van der Waals surface area contributed by atoms with Gasteiger partial charge in [0.2, 0.25) is 5.60 Å². The number of imide groups is 1. The van der Waals surface area contributed by atoms with Gasteiger partial charge in [-0.2, -0.15) is 0 Å². The number of ether oxygens (including phenoxy) is 4. The Labute approximate surface area is 204 Å². The number of carbonyl (C=O) groups is 2. The lowest BCUT2D eigenvalue weighted by Crippen LogP contribution is -2.33. The molecule has 0 aliphatic carbocycles. The van der Waals surface area contributed by atoms with Crippen LogP contribution in [0.5, 0.6) is 28.7 Å². The second-order valence-corrected chi connectivity index (χ2v) is 8.15. The Morgan fingerprint density at radius 1 is 0.889 bits per heavy atom. The first-order chi connectivity index (χ1) is 17.1. The summed E-state index contributed by atoms with van der Waals surface area (Å²) in [5.41, 5.74) is -0.159. The van der Waals surface area contributed by atoms with E-state index >= 15 is 0 Å².